The number of nitrogens with zero attached hydrogens (tertiary/aromatic N) is 2. The van der Waals surface area contributed by atoms with Gasteiger partial charge in [0.1, 0.15) is 23.9 Å². The highest BCUT2D eigenvalue weighted by Gasteiger charge is 2.15. The van der Waals surface area contributed by atoms with Gasteiger partial charge in [0.05, 0.1) is 25.6 Å². The van der Waals surface area contributed by atoms with E-state index in [0.717, 1.165) is 0 Å². The molecule has 38 heavy (non-hydrogen) atoms. The van der Waals surface area contributed by atoms with Crippen LogP contribution in [0.25, 0.3) is 0 Å². The number of aromatic nitrogens is 2. The number of halogens is 1. The molecule has 3 aromatic rings. The number of amides is 4. The quantitative estimate of drug-likeness (QED) is 0.150. The number of nitrogens with one attached hydrogen (secondary N) is 4. The first-order valence-electron chi connectivity index (χ1n) is 10.7. The van der Waals surface area contributed by atoms with Crippen LogP contribution in [0.3, 0.4) is 0 Å². The van der Waals surface area contributed by atoms with Crippen LogP contribution in [-0.2, 0) is 32.2 Å². The third-order valence-electron chi connectivity index (χ3n) is 4.81. The Morgan fingerprint density at radius 1 is 0.816 bits per heavy atom. The third kappa shape index (κ3) is 8.30. The van der Waals surface area contributed by atoms with Crippen molar-refractivity contribution in [2.75, 3.05) is 35.5 Å². The van der Waals surface area contributed by atoms with Crippen LogP contribution in [0, 0.1) is 0 Å². The Labute approximate surface area is 222 Å². The van der Waals surface area contributed by atoms with Crippen molar-refractivity contribution in [2.45, 2.75) is 13.1 Å². The van der Waals surface area contributed by atoms with Gasteiger partial charge in [0.15, 0.2) is 13.1 Å². The zero-order valence-corrected chi connectivity index (χ0v) is 21.0. The first-order chi connectivity index (χ1) is 17.7. The van der Waals surface area contributed by atoms with Gasteiger partial charge in [0, 0.05) is 23.5 Å². The summed E-state index contributed by atoms with van der Waals surface area (Å²) >= 11 is 0. The molecule has 0 radical (unpaired) electrons. The molecular formula is C23H25ClN6O8. The maximum Gasteiger partial charge on any atom is 0.411 e. The lowest BCUT2D eigenvalue weighted by atomic mass is 10.2. The largest absolute Gasteiger partial charge is 1.00 e. The minimum atomic E-state index is -0.745. The molecule has 202 valence electrons. The second kappa shape index (κ2) is 13.4. The first-order valence-corrected chi connectivity index (χ1v) is 10.7. The summed E-state index contributed by atoms with van der Waals surface area (Å²) in [6, 6.07) is 8.37. The molecular weight excluding hydrogens is 524 g/mol. The van der Waals surface area contributed by atoms with Gasteiger partial charge in [-0.3, -0.25) is 20.2 Å². The number of rotatable bonds is 8. The van der Waals surface area contributed by atoms with Crippen molar-refractivity contribution in [3.63, 3.8) is 0 Å². The molecule has 0 atom stereocenters. The number of phenols is 2. The van der Waals surface area contributed by atoms with Crippen LogP contribution in [-0.4, -0.2) is 53.0 Å². The number of phenolic OH excluding ortho intramolecular Hbond substituents is 2. The van der Waals surface area contributed by atoms with E-state index in [1.807, 2.05) is 0 Å². The summed E-state index contributed by atoms with van der Waals surface area (Å²) in [6.07, 6.45) is 3.27. The van der Waals surface area contributed by atoms with Gasteiger partial charge in [-0.15, -0.1) is 0 Å². The number of benzene rings is 2. The number of aromatic hydroxyl groups is 2. The van der Waals surface area contributed by atoms with Crippen molar-refractivity contribution in [1.29, 1.82) is 0 Å². The van der Waals surface area contributed by atoms with Crippen LogP contribution in [0.2, 0.25) is 0 Å². The third-order valence-corrected chi connectivity index (χ3v) is 4.81. The van der Waals surface area contributed by atoms with Crippen LogP contribution in [0.1, 0.15) is 0 Å². The minimum absolute atomic E-state index is 0. The van der Waals surface area contributed by atoms with E-state index in [0.29, 0.717) is 11.4 Å². The summed E-state index contributed by atoms with van der Waals surface area (Å²) in [5.41, 5.74) is 0.874. The highest BCUT2D eigenvalue weighted by Crippen LogP contribution is 2.27. The SMILES string of the molecule is COC(=O)Nc1ccc(NC(=O)Cn2cc[n+](CC(=O)Nc3ccc(NC(=O)OC)c(O)c3)c2)cc1O.[Cl-]. The lowest BCUT2D eigenvalue weighted by molar-refractivity contribution is -0.683. The molecule has 3 rings (SSSR count). The van der Waals surface area contributed by atoms with Crippen LogP contribution in [0.4, 0.5) is 32.3 Å². The first kappa shape index (κ1) is 29.3. The molecule has 0 bridgehead atoms. The van der Waals surface area contributed by atoms with Crippen molar-refractivity contribution in [1.82, 2.24) is 4.57 Å². The summed E-state index contributed by atoms with van der Waals surface area (Å²) < 4.78 is 12.0. The van der Waals surface area contributed by atoms with E-state index in [-0.39, 0.29) is 48.4 Å². The molecule has 0 aliphatic carbocycles. The minimum Gasteiger partial charge on any atom is -1.00 e. The van der Waals surface area contributed by atoms with Crippen molar-refractivity contribution >= 4 is 46.8 Å². The van der Waals surface area contributed by atoms with Gasteiger partial charge in [-0.2, -0.15) is 0 Å². The number of carbonyl (C=O) groups is 4. The lowest BCUT2D eigenvalue weighted by Gasteiger charge is -2.09. The lowest BCUT2D eigenvalue weighted by Crippen LogP contribution is -3.00. The van der Waals surface area contributed by atoms with Gasteiger partial charge in [0.2, 0.25) is 6.33 Å². The Morgan fingerprint density at radius 2 is 1.32 bits per heavy atom. The van der Waals surface area contributed by atoms with Crippen molar-refractivity contribution < 1.29 is 55.8 Å². The zero-order chi connectivity index (χ0) is 26.9. The Kier molecular flexibility index (Phi) is 10.3. The summed E-state index contributed by atoms with van der Waals surface area (Å²) in [7, 11) is 2.38. The fourth-order valence-electron chi connectivity index (χ4n) is 3.11. The van der Waals surface area contributed by atoms with E-state index in [4.69, 9.17) is 0 Å². The fourth-order valence-corrected chi connectivity index (χ4v) is 3.11. The Hall–Kier alpha value is -4.98. The number of methoxy groups -OCH3 is 2. The zero-order valence-electron chi connectivity index (χ0n) is 20.2. The molecule has 4 amide bonds. The molecule has 0 aliphatic rings. The molecule has 6 N–H and O–H groups in total. The van der Waals surface area contributed by atoms with Crippen LogP contribution in [0.5, 0.6) is 11.5 Å². The smallest absolute Gasteiger partial charge is 0.411 e. The molecule has 0 saturated heterocycles. The van der Waals surface area contributed by atoms with Crippen LogP contribution >= 0.6 is 0 Å². The molecule has 0 aliphatic heterocycles. The number of imidazole rings is 1. The summed E-state index contributed by atoms with van der Waals surface area (Å²) in [6.45, 7) is -0.139. The topological polar surface area (TPSA) is 184 Å². The second-order valence-corrected chi connectivity index (χ2v) is 7.55. The molecule has 15 heteroatoms. The van der Waals surface area contributed by atoms with E-state index in [2.05, 4.69) is 30.7 Å². The molecule has 14 nitrogen and oxygen atoms in total. The number of carbonyl (C=O) groups excluding carboxylic acids is 4. The monoisotopic (exact) mass is 548 g/mol. The van der Waals surface area contributed by atoms with Gasteiger partial charge in [-0.25, -0.2) is 18.7 Å². The van der Waals surface area contributed by atoms with E-state index >= 15 is 0 Å². The van der Waals surface area contributed by atoms with E-state index in [1.165, 1.54) is 50.6 Å². The second-order valence-electron chi connectivity index (χ2n) is 7.55. The standard InChI is InChI=1S/C23H24N6O8.ClH/c1-36-22(34)26-16-5-3-14(9-18(16)30)24-20(32)11-28-7-8-29(13-28)12-21(33)25-15-4-6-17(19(31)10-15)27-23(35)37-2;/h3-10,13H,11-12H2,1-2H3,(H5-,24,25,26,27,30,31,32,33,34,35);1H. The van der Waals surface area contributed by atoms with E-state index < -0.39 is 24.0 Å². The molecule has 0 spiro atoms. The molecule has 2 aromatic carbocycles. The van der Waals surface area contributed by atoms with Crippen LogP contribution < -0.4 is 38.2 Å². The fraction of sp³-hybridized carbons (Fsp3) is 0.174. The van der Waals surface area contributed by atoms with Crippen molar-refractivity contribution in [3.8, 4) is 11.5 Å². The average molecular weight is 549 g/mol. The highest BCUT2D eigenvalue weighted by molar-refractivity contribution is 5.93. The summed E-state index contributed by atoms with van der Waals surface area (Å²) in [5, 5.41) is 29.9. The Morgan fingerprint density at radius 3 is 1.79 bits per heavy atom. The average Bonchev–Trinajstić information content (AvgIpc) is 3.28. The Bertz CT molecular complexity index is 1230. The molecule has 0 fully saturated rings. The molecule has 1 heterocycles. The summed E-state index contributed by atoms with van der Waals surface area (Å²) in [4.78, 5) is 47.3. The summed E-state index contributed by atoms with van der Waals surface area (Å²) in [5.74, 6) is -1.29. The predicted molar refractivity (Wildman–Crippen MR) is 130 cm³/mol. The number of anilines is 4. The molecule has 0 saturated carbocycles. The molecule has 0 unspecified atom stereocenters. The maximum absolute atomic E-state index is 12.4. The predicted octanol–water partition coefficient (Wildman–Crippen LogP) is -1.18. The number of ether oxygens (including phenoxy) is 2. The van der Waals surface area contributed by atoms with Crippen molar-refractivity contribution in [2.24, 2.45) is 0 Å². The van der Waals surface area contributed by atoms with Gasteiger partial charge in [0.25, 0.3) is 11.8 Å². The van der Waals surface area contributed by atoms with E-state index in [1.54, 1.807) is 27.9 Å². The van der Waals surface area contributed by atoms with Crippen molar-refractivity contribution in [3.05, 3.63) is 55.1 Å². The van der Waals surface area contributed by atoms with Gasteiger partial charge >= 0.3 is 12.2 Å². The van der Waals surface area contributed by atoms with Crippen LogP contribution in [0.15, 0.2) is 55.1 Å². The maximum atomic E-state index is 12.4. The molecule has 1 aromatic heterocycles. The number of hydrogen-bond acceptors (Lipinski definition) is 8. The van der Waals surface area contributed by atoms with Gasteiger partial charge in [-0.05, 0) is 24.3 Å². The van der Waals surface area contributed by atoms with Gasteiger partial charge < -0.3 is 42.7 Å². The van der Waals surface area contributed by atoms with E-state index in [9.17, 15) is 29.4 Å². The number of hydrogen-bond donors (Lipinski definition) is 6. The highest BCUT2D eigenvalue weighted by atomic mass is 35.5. The normalized spacial score (nSPS) is 9.95. The van der Waals surface area contributed by atoms with Gasteiger partial charge in [-0.1, -0.05) is 0 Å². The Balaban J connectivity index is 0.00000507.